The van der Waals surface area contributed by atoms with Gasteiger partial charge < -0.3 is 9.47 Å². The van der Waals surface area contributed by atoms with Gasteiger partial charge in [0.1, 0.15) is 0 Å². The molecule has 2 aliphatic rings. The maximum atomic E-state index is 13.1. The van der Waals surface area contributed by atoms with E-state index >= 15 is 0 Å². The summed E-state index contributed by atoms with van der Waals surface area (Å²) in [6.07, 6.45) is 5.71. The van der Waals surface area contributed by atoms with Crippen LogP contribution in [0.1, 0.15) is 28.8 Å². The topological polar surface area (TPSA) is 51.7 Å². The number of hydrogen-bond acceptors (Lipinski definition) is 5. The third-order valence-electron chi connectivity index (χ3n) is 5.70. The van der Waals surface area contributed by atoms with Gasteiger partial charge in [-0.3, -0.25) is 14.7 Å². The number of ketones is 1. The Hall–Kier alpha value is -2.92. The van der Waals surface area contributed by atoms with Crippen molar-refractivity contribution in [2.45, 2.75) is 19.4 Å². The van der Waals surface area contributed by atoms with Crippen molar-refractivity contribution in [2.75, 3.05) is 19.9 Å². The number of carbonyl (C=O) groups is 1. The molecule has 5 heteroatoms. The van der Waals surface area contributed by atoms with E-state index in [1.165, 1.54) is 10.9 Å². The molecule has 5 rings (SSSR count). The third kappa shape index (κ3) is 3.22. The van der Waals surface area contributed by atoms with E-state index in [4.69, 9.17) is 9.47 Å². The minimum Gasteiger partial charge on any atom is -0.454 e. The predicted octanol–water partition coefficient (Wildman–Crippen LogP) is 4.06. The Labute approximate surface area is 163 Å². The van der Waals surface area contributed by atoms with Gasteiger partial charge in [-0.05, 0) is 54.6 Å². The average Bonchev–Trinajstić information content (AvgIpc) is 3.22. The van der Waals surface area contributed by atoms with Crippen LogP contribution in [0, 0.1) is 5.92 Å². The van der Waals surface area contributed by atoms with Crippen LogP contribution in [0.15, 0.2) is 54.9 Å². The number of benzene rings is 2. The summed E-state index contributed by atoms with van der Waals surface area (Å²) in [4.78, 5) is 19.7. The lowest BCUT2D eigenvalue weighted by molar-refractivity contribution is 0.0811. The van der Waals surface area contributed by atoms with Crippen LogP contribution in [0.25, 0.3) is 10.8 Å². The molecule has 0 N–H and O–H groups in total. The van der Waals surface area contributed by atoms with Gasteiger partial charge in [-0.15, -0.1) is 0 Å². The van der Waals surface area contributed by atoms with E-state index in [2.05, 4.69) is 34.1 Å². The second-order valence-corrected chi connectivity index (χ2v) is 7.52. The smallest absolute Gasteiger partial charge is 0.231 e. The summed E-state index contributed by atoms with van der Waals surface area (Å²) in [6, 6.07) is 13.9. The second-order valence-electron chi connectivity index (χ2n) is 7.52. The molecule has 2 aromatic carbocycles. The average molecular weight is 374 g/mol. The Morgan fingerprint density at radius 3 is 3.04 bits per heavy atom. The molecular formula is C23H22N2O3. The van der Waals surface area contributed by atoms with Crippen LogP contribution in [-0.4, -0.2) is 35.5 Å². The molecule has 0 saturated carbocycles. The van der Waals surface area contributed by atoms with Crippen LogP contribution >= 0.6 is 0 Å². The highest BCUT2D eigenvalue weighted by Crippen LogP contribution is 2.34. The van der Waals surface area contributed by atoms with E-state index in [-0.39, 0.29) is 18.5 Å². The number of piperidine rings is 1. The lowest BCUT2D eigenvalue weighted by atomic mass is 9.89. The molecule has 0 bridgehead atoms. The first-order valence-electron chi connectivity index (χ1n) is 9.76. The van der Waals surface area contributed by atoms with Crippen LogP contribution in [-0.2, 0) is 6.54 Å². The number of rotatable bonds is 4. The molecule has 142 valence electrons. The van der Waals surface area contributed by atoms with Crippen molar-refractivity contribution < 1.29 is 14.3 Å². The molecule has 0 spiro atoms. The normalized spacial score (nSPS) is 19.1. The number of hydrogen-bond donors (Lipinski definition) is 0. The van der Waals surface area contributed by atoms with Crippen LogP contribution in [0.5, 0.6) is 11.5 Å². The van der Waals surface area contributed by atoms with Gasteiger partial charge in [0.05, 0.1) is 0 Å². The zero-order chi connectivity index (χ0) is 18.9. The molecule has 3 heterocycles. The van der Waals surface area contributed by atoms with Crippen LogP contribution in [0.4, 0.5) is 0 Å². The molecule has 1 fully saturated rings. The summed E-state index contributed by atoms with van der Waals surface area (Å²) >= 11 is 0. The SMILES string of the molecule is O=C(c1ccc2c(c1)OCO2)C1CCCN(Cc2cccc3cnccc23)C1. The zero-order valence-corrected chi connectivity index (χ0v) is 15.6. The first kappa shape index (κ1) is 17.2. The van der Waals surface area contributed by atoms with Crippen LogP contribution in [0.2, 0.25) is 0 Å². The van der Waals surface area contributed by atoms with Gasteiger partial charge >= 0.3 is 0 Å². The Bertz CT molecular complexity index is 1030. The van der Waals surface area contributed by atoms with Gasteiger partial charge in [-0.2, -0.15) is 0 Å². The van der Waals surface area contributed by atoms with Gasteiger partial charge in [0, 0.05) is 42.4 Å². The molecule has 5 nitrogen and oxygen atoms in total. The second kappa shape index (κ2) is 7.24. The van der Waals surface area contributed by atoms with Gasteiger partial charge in [-0.1, -0.05) is 18.2 Å². The van der Waals surface area contributed by atoms with Gasteiger partial charge in [0.15, 0.2) is 17.3 Å². The molecule has 1 unspecified atom stereocenters. The Balaban J connectivity index is 1.32. The third-order valence-corrected chi connectivity index (χ3v) is 5.70. The predicted molar refractivity (Wildman–Crippen MR) is 107 cm³/mol. The number of pyridine rings is 1. The molecule has 1 aromatic heterocycles. The highest BCUT2D eigenvalue weighted by molar-refractivity contribution is 5.98. The number of aromatic nitrogens is 1. The van der Waals surface area contributed by atoms with Crippen molar-refractivity contribution in [3.8, 4) is 11.5 Å². The largest absolute Gasteiger partial charge is 0.454 e. The summed E-state index contributed by atoms with van der Waals surface area (Å²) in [5.74, 6) is 1.60. The van der Waals surface area contributed by atoms with Gasteiger partial charge in [-0.25, -0.2) is 0 Å². The Kier molecular flexibility index (Phi) is 4.45. The summed E-state index contributed by atoms with van der Waals surface area (Å²) in [6.45, 7) is 2.89. The lowest BCUT2D eigenvalue weighted by Crippen LogP contribution is -2.38. The fraction of sp³-hybridized carbons (Fsp3) is 0.304. The molecule has 2 aliphatic heterocycles. The Morgan fingerprint density at radius 2 is 2.07 bits per heavy atom. The molecule has 1 atom stereocenters. The standard InChI is InChI=1S/C23H22N2O3/c26-23(16-6-7-21-22(11-16)28-15-27-21)19-5-2-10-25(14-19)13-18-4-1-3-17-12-24-9-8-20(17)18/h1,3-4,6-9,11-12,19H,2,5,10,13-15H2. The van der Waals surface area contributed by atoms with Crippen molar-refractivity contribution in [1.29, 1.82) is 0 Å². The summed E-state index contributed by atoms with van der Waals surface area (Å²) < 4.78 is 10.8. The fourth-order valence-electron chi connectivity index (χ4n) is 4.27. The summed E-state index contributed by atoms with van der Waals surface area (Å²) in [5.41, 5.74) is 2.00. The quantitative estimate of drug-likeness (QED) is 0.645. The van der Waals surface area contributed by atoms with E-state index in [1.807, 2.05) is 30.6 Å². The zero-order valence-electron chi connectivity index (χ0n) is 15.6. The number of fused-ring (bicyclic) bond motifs is 2. The van der Waals surface area contributed by atoms with Crippen LogP contribution < -0.4 is 9.47 Å². The van der Waals surface area contributed by atoms with Crippen molar-refractivity contribution >= 4 is 16.6 Å². The lowest BCUT2D eigenvalue weighted by Gasteiger charge is -2.32. The molecule has 1 saturated heterocycles. The van der Waals surface area contributed by atoms with E-state index in [9.17, 15) is 4.79 Å². The number of carbonyl (C=O) groups excluding carboxylic acids is 1. The maximum absolute atomic E-state index is 13.1. The number of ether oxygens (including phenoxy) is 2. The van der Waals surface area contributed by atoms with Gasteiger partial charge in [0.2, 0.25) is 6.79 Å². The molecular weight excluding hydrogens is 352 g/mol. The first-order chi connectivity index (χ1) is 13.8. The van der Waals surface area contributed by atoms with E-state index in [0.717, 1.165) is 37.9 Å². The van der Waals surface area contributed by atoms with E-state index < -0.39 is 0 Å². The van der Waals surface area contributed by atoms with Gasteiger partial charge in [0.25, 0.3) is 0 Å². The fourth-order valence-corrected chi connectivity index (χ4v) is 4.27. The van der Waals surface area contributed by atoms with Crippen molar-refractivity contribution in [3.05, 3.63) is 66.0 Å². The first-order valence-corrected chi connectivity index (χ1v) is 9.76. The maximum Gasteiger partial charge on any atom is 0.231 e. The van der Waals surface area contributed by atoms with Crippen molar-refractivity contribution in [3.63, 3.8) is 0 Å². The van der Waals surface area contributed by atoms with Crippen molar-refractivity contribution in [1.82, 2.24) is 9.88 Å². The van der Waals surface area contributed by atoms with E-state index in [0.29, 0.717) is 17.1 Å². The summed E-state index contributed by atoms with van der Waals surface area (Å²) in [7, 11) is 0. The van der Waals surface area contributed by atoms with Crippen molar-refractivity contribution in [2.24, 2.45) is 5.92 Å². The summed E-state index contributed by atoms with van der Waals surface area (Å²) in [5, 5.41) is 2.40. The minimum absolute atomic E-state index is 0.0192. The molecule has 0 aliphatic carbocycles. The molecule has 3 aromatic rings. The highest BCUT2D eigenvalue weighted by Gasteiger charge is 2.28. The molecule has 0 amide bonds. The highest BCUT2D eigenvalue weighted by atomic mass is 16.7. The number of nitrogens with zero attached hydrogens (tertiary/aromatic N) is 2. The van der Waals surface area contributed by atoms with E-state index in [1.54, 1.807) is 0 Å². The molecule has 0 radical (unpaired) electrons. The Morgan fingerprint density at radius 1 is 1.14 bits per heavy atom. The molecule has 28 heavy (non-hydrogen) atoms. The minimum atomic E-state index is 0.0192. The van der Waals surface area contributed by atoms with Crippen LogP contribution in [0.3, 0.4) is 0 Å². The number of likely N-dealkylation sites (tertiary alicyclic amines) is 1. The number of Topliss-reactive ketones (excluding diaryl/α,β-unsaturated/α-hetero) is 1. The monoisotopic (exact) mass is 374 g/mol.